The first-order valence-electron chi connectivity index (χ1n) is 8.22. The summed E-state index contributed by atoms with van der Waals surface area (Å²) in [5, 5.41) is 3.16. The molecule has 0 aliphatic carbocycles. The maximum absolute atomic E-state index is 12.4. The number of rotatable bonds is 5. The molecule has 2 rings (SSSR count). The molecular weight excluding hydrogens is 276 g/mol. The van der Waals surface area contributed by atoms with Crippen molar-refractivity contribution in [1.82, 2.24) is 5.32 Å². The molecule has 1 aliphatic heterocycles. The van der Waals surface area contributed by atoms with Crippen molar-refractivity contribution in [3.63, 3.8) is 0 Å². The number of hydrogen-bond acceptors (Lipinski definition) is 3. The lowest BCUT2D eigenvalue weighted by atomic mass is 9.93. The summed E-state index contributed by atoms with van der Waals surface area (Å²) in [5.41, 5.74) is 1.88. The van der Waals surface area contributed by atoms with Gasteiger partial charge in [-0.3, -0.25) is 4.79 Å². The minimum atomic E-state index is 0.0147. The number of carbonyl (C=O) groups is 1. The van der Waals surface area contributed by atoms with Gasteiger partial charge in [0, 0.05) is 30.4 Å². The monoisotopic (exact) mass is 304 g/mol. The van der Waals surface area contributed by atoms with Crippen molar-refractivity contribution >= 4 is 11.6 Å². The first-order valence-corrected chi connectivity index (χ1v) is 8.22. The van der Waals surface area contributed by atoms with E-state index in [1.165, 1.54) is 0 Å². The summed E-state index contributed by atoms with van der Waals surface area (Å²) >= 11 is 0. The third kappa shape index (κ3) is 4.23. The lowest BCUT2D eigenvalue weighted by molar-refractivity contribution is 0.0910. The van der Waals surface area contributed by atoms with E-state index < -0.39 is 0 Å². The van der Waals surface area contributed by atoms with Crippen LogP contribution in [0, 0.1) is 11.8 Å². The Hall–Kier alpha value is -1.55. The molecule has 122 valence electrons. The molecule has 1 N–H and O–H groups in total. The van der Waals surface area contributed by atoms with Gasteiger partial charge in [-0.15, -0.1) is 0 Å². The van der Waals surface area contributed by atoms with E-state index >= 15 is 0 Å². The van der Waals surface area contributed by atoms with Crippen LogP contribution >= 0.6 is 0 Å². The highest BCUT2D eigenvalue weighted by Gasteiger charge is 2.20. The van der Waals surface area contributed by atoms with Crippen molar-refractivity contribution in [2.75, 3.05) is 31.2 Å². The van der Waals surface area contributed by atoms with Crippen LogP contribution in [0.25, 0.3) is 0 Å². The normalized spacial score (nSPS) is 15.7. The number of anilines is 1. The highest BCUT2D eigenvalue weighted by molar-refractivity contribution is 5.94. The molecule has 1 aliphatic rings. The summed E-state index contributed by atoms with van der Waals surface area (Å²) in [6, 6.07) is 8.08. The molecule has 22 heavy (non-hydrogen) atoms. The Labute approximate surface area is 133 Å². The Kier molecular flexibility index (Phi) is 5.83. The second-order valence-corrected chi connectivity index (χ2v) is 6.63. The quantitative estimate of drug-likeness (QED) is 0.909. The predicted octanol–water partition coefficient (Wildman–Crippen LogP) is 2.93. The highest BCUT2D eigenvalue weighted by Crippen LogP contribution is 2.18. The second kappa shape index (κ2) is 7.63. The number of carbonyl (C=O) groups excluding carboxylic acids is 1. The number of benzene rings is 1. The van der Waals surface area contributed by atoms with E-state index in [0.717, 1.165) is 37.6 Å². The van der Waals surface area contributed by atoms with Gasteiger partial charge in [-0.25, -0.2) is 0 Å². The van der Waals surface area contributed by atoms with Crippen molar-refractivity contribution < 1.29 is 9.53 Å². The number of nitrogens with zero attached hydrogens (tertiary/aromatic N) is 1. The summed E-state index contributed by atoms with van der Waals surface area (Å²) in [5.74, 6) is 0.870. The van der Waals surface area contributed by atoms with E-state index in [9.17, 15) is 4.79 Å². The van der Waals surface area contributed by atoms with Crippen molar-refractivity contribution in [2.24, 2.45) is 11.8 Å². The van der Waals surface area contributed by atoms with E-state index in [0.29, 0.717) is 11.8 Å². The van der Waals surface area contributed by atoms with Crippen molar-refractivity contribution in [3.8, 4) is 0 Å². The van der Waals surface area contributed by atoms with Crippen LogP contribution in [0.3, 0.4) is 0 Å². The molecule has 1 fully saturated rings. The largest absolute Gasteiger partial charge is 0.378 e. The first kappa shape index (κ1) is 16.8. The molecule has 0 aromatic heterocycles. The molecule has 1 aromatic rings. The van der Waals surface area contributed by atoms with Gasteiger partial charge >= 0.3 is 0 Å². The number of hydrogen-bond donors (Lipinski definition) is 1. The Morgan fingerprint density at radius 3 is 2.09 bits per heavy atom. The summed E-state index contributed by atoms with van der Waals surface area (Å²) in [7, 11) is 0. The fraction of sp³-hybridized carbons (Fsp3) is 0.611. The Balaban J connectivity index is 2.01. The first-order chi connectivity index (χ1) is 10.5. The third-order valence-corrected chi connectivity index (χ3v) is 4.24. The standard InChI is InChI=1S/C18H28N2O2/c1-13(2)17(14(3)4)19-18(21)15-5-7-16(8-6-15)20-9-11-22-12-10-20/h5-8,13-14,17H,9-12H2,1-4H3,(H,19,21). The van der Waals surface area contributed by atoms with Crippen LogP contribution < -0.4 is 10.2 Å². The molecule has 1 saturated heterocycles. The van der Waals surface area contributed by atoms with Crippen molar-refractivity contribution in [3.05, 3.63) is 29.8 Å². The molecular formula is C18H28N2O2. The molecule has 0 atom stereocenters. The summed E-state index contributed by atoms with van der Waals surface area (Å²) < 4.78 is 5.37. The lowest BCUT2D eigenvalue weighted by Gasteiger charge is -2.29. The predicted molar refractivity (Wildman–Crippen MR) is 90.4 cm³/mol. The van der Waals surface area contributed by atoms with Gasteiger partial charge in [-0.1, -0.05) is 27.7 Å². The number of morpholine rings is 1. The third-order valence-electron chi connectivity index (χ3n) is 4.24. The van der Waals surface area contributed by atoms with Gasteiger partial charge in [-0.2, -0.15) is 0 Å². The maximum Gasteiger partial charge on any atom is 0.251 e. The van der Waals surface area contributed by atoms with Gasteiger partial charge in [0.15, 0.2) is 0 Å². The van der Waals surface area contributed by atoms with Crippen LogP contribution in [0.5, 0.6) is 0 Å². The Morgan fingerprint density at radius 2 is 1.59 bits per heavy atom. The van der Waals surface area contributed by atoms with Crippen LogP contribution in [-0.4, -0.2) is 38.3 Å². The van der Waals surface area contributed by atoms with Gasteiger partial charge < -0.3 is 15.0 Å². The SMILES string of the molecule is CC(C)C(NC(=O)c1ccc(N2CCOCC2)cc1)C(C)C. The summed E-state index contributed by atoms with van der Waals surface area (Å²) in [6.07, 6.45) is 0. The van der Waals surface area contributed by atoms with Gasteiger partial charge in [0.25, 0.3) is 5.91 Å². The van der Waals surface area contributed by atoms with Crippen LogP contribution in [0.1, 0.15) is 38.1 Å². The minimum Gasteiger partial charge on any atom is -0.378 e. The Morgan fingerprint density at radius 1 is 1.05 bits per heavy atom. The molecule has 0 saturated carbocycles. The highest BCUT2D eigenvalue weighted by atomic mass is 16.5. The molecule has 4 nitrogen and oxygen atoms in total. The number of nitrogens with one attached hydrogen (secondary N) is 1. The van der Waals surface area contributed by atoms with Crippen LogP contribution in [0.2, 0.25) is 0 Å². The average Bonchev–Trinajstić information content (AvgIpc) is 2.52. The van der Waals surface area contributed by atoms with Crippen molar-refractivity contribution in [1.29, 1.82) is 0 Å². The molecule has 1 amide bonds. The Bertz CT molecular complexity index is 468. The van der Waals surface area contributed by atoms with Gasteiger partial charge in [0.1, 0.15) is 0 Å². The lowest BCUT2D eigenvalue weighted by Crippen LogP contribution is -2.42. The smallest absolute Gasteiger partial charge is 0.251 e. The molecule has 1 heterocycles. The zero-order valence-electron chi connectivity index (χ0n) is 14.1. The summed E-state index contributed by atoms with van der Waals surface area (Å²) in [6.45, 7) is 11.9. The molecule has 0 bridgehead atoms. The van der Waals surface area contributed by atoms with Crippen LogP contribution in [0.15, 0.2) is 24.3 Å². The van der Waals surface area contributed by atoms with E-state index in [4.69, 9.17) is 4.74 Å². The maximum atomic E-state index is 12.4. The second-order valence-electron chi connectivity index (χ2n) is 6.63. The van der Waals surface area contributed by atoms with Gasteiger partial charge in [0.2, 0.25) is 0 Å². The van der Waals surface area contributed by atoms with E-state index in [1.54, 1.807) is 0 Å². The zero-order chi connectivity index (χ0) is 16.1. The number of amides is 1. The average molecular weight is 304 g/mol. The minimum absolute atomic E-state index is 0.0147. The van der Waals surface area contributed by atoms with Crippen molar-refractivity contribution in [2.45, 2.75) is 33.7 Å². The van der Waals surface area contributed by atoms with Crippen LogP contribution in [-0.2, 0) is 4.74 Å². The molecule has 0 unspecified atom stereocenters. The molecule has 0 spiro atoms. The van der Waals surface area contributed by atoms with E-state index in [2.05, 4.69) is 37.9 Å². The molecule has 1 aromatic carbocycles. The topological polar surface area (TPSA) is 41.6 Å². The van der Waals surface area contributed by atoms with E-state index in [1.807, 2.05) is 24.3 Å². The fourth-order valence-electron chi connectivity index (χ4n) is 2.98. The fourth-order valence-corrected chi connectivity index (χ4v) is 2.98. The van der Waals surface area contributed by atoms with Gasteiger partial charge in [0.05, 0.1) is 13.2 Å². The molecule has 4 heteroatoms. The van der Waals surface area contributed by atoms with Crippen LogP contribution in [0.4, 0.5) is 5.69 Å². The zero-order valence-corrected chi connectivity index (χ0v) is 14.1. The van der Waals surface area contributed by atoms with E-state index in [-0.39, 0.29) is 11.9 Å². The number of ether oxygens (including phenoxy) is 1. The van der Waals surface area contributed by atoms with Gasteiger partial charge in [-0.05, 0) is 36.1 Å². The molecule has 0 radical (unpaired) electrons. The summed E-state index contributed by atoms with van der Waals surface area (Å²) in [4.78, 5) is 14.7.